The Morgan fingerprint density at radius 2 is 1.77 bits per heavy atom. The van der Waals surface area contributed by atoms with Gasteiger partial charge in [0.25, 0.3) is 0 Å². The van der Waals surface area contributed by atoms with E-state index in [1.54, 1.807) is 6.92 Å². The van der Waals surface area contributed by atoms with Crippen LogP contribution >= 0.6 is 11.6 Å². The maximum absolute atomic E-state index is 6.11. The fraction of sp³-hybridized carbons (Fsp3) is 0.222. The van der Waals surface area contributed by atoms with Crippen molar-refractivity contribution in [3.63, 3.8) is 0 Å². The van der Waals surface area contributed by atoms with Crippen LogP contribution in [0.15, 0.2) is 96.1 Å². The highest BCUT2D eigenvalue weighted by molar-refractivity contribution is 6.65. The molecular weight excluding hydrogens is 388 g/mol. The number of aliphatic imine (C=N–C) groups is 1. The maximum atomic E-state index is 6.11. The SMILES string of the molecule is C=C(NCC(/C=C\C(=C)C(C)C)=C/C)c1c(N=C(C)Cl)cccc1-c1ccccc1. The molecular formula is C27H31ClN2. The molecule has 0 aliphatic carbocycles. The molecule has 0 aliphatic rings. The van der Waals surface area contributed by atoms with Crippen LogP contribution in [-0.4, -0.2) is 11.7 Å². The van der Waals surface area contributed by atoms with Crippen molar-refractivity contribution in [3.05, 3.63) is 96.6 Å². The fourth-order valence-corrected chi connectivity index (χ4v) is 3.03. The van der Waals surface area contributed by atoms with Crippen LogP contribution in [0.5, 0.6) is 0 Å². The number of halogens is 1. The first-order valence-electron chi connectivity index (χ1n) is 10.2. The molecule has 2 nitrogen and oxygen atoms in total. The minimum absolute atomic E-state index is 0.430. The smallest absolute Gasteiger partial charge is 0.103 e. The van der Waals surface area contributed by atoms with Crippen LogP contribution < -0.4 is 5.32 Å². The van der Waals surface area contributed by atoms with Crippen LogP contribution in [-0.2, 0) is 0 Å². The normalized spacial score (nSPS) is 12.5. The zero-order chi connectivity index (χ0) is 22.1. The first-order chi connectivity index (χ1) is 14.3. The molecule has 0 amide bonds. The van der Waals surface area contributed by atoms with Gasteiger partial charge >= 0.3 is 0 Å². The van der Waals surface area contributed by atoms with Crippen LogP contribution in [0.3, 0.4) is 0 Å². The van der Waals surface area contributed by atoms with Gasteiger partial charge in [-0.05, 0) is 42.5 Å². The van der Waals surface area contributed by atoms with Gasteiger partial charge in [0.15, 0.2) is 0 Å². The Morgan fingerprint density at radius 3 is 2.37 bits per heavy atom. The molecule has 1 N–H and O–H groups in total. The number of hydrogen-bond acceptors (Lipinski definition) is 2. The highest BCUT2D eigenvalue weighted by Gasteiger charge is 2.13. The van der Waals surface area contributed by atoms with E-state index in [0.717, 1.165) is 39.2 Å². The lowest BCUT2D eigenvalue weighted by molar-refractivity contribution is 0.795. The molecule has 3 heteroatoms. The van der Waals surface area contributed by atoms with E-state index in [0.29, 0.717) is 17.6 Å². The van der Waals surface area contributed by atoms with Crippen LogP contribution in [0.1, 0.15) is 33.3 Å². The molecule has 0 bridgehead atoms. The van der Waals surface area contributed by atoms with Crippen molar-refractivity contribution in [1.82, 2.24) is 5.32 Å². The van der Waals surface area contributed by atoms with Crippen molar-refractivity contribution in [2.75, 3.05) is 6.54 Å². The molecule has 30 heavy (non-hydrogen) atoms. The third kappa shape index (κ3) is 6.60. The minimum Gasteiger partial charge on any atom is -0.381 e. The first kappa shape index (κ1) is 23.4. The van der Waals surface area contributed by atoms with E-state index < -0.39 is 0 Å². The van der Waals surface area contributed by atoms with Crippen molar-refractivity contribution >= 4 is 28.2 Å². The summed E-state index contributed by atoms with van der Waals surface area (Å²) in [6, 6.07) is 16.3. The highest BCUT2D eigenvalue weighted by atomic mass is 35.5. The maximum Gasteiger partial charge on any atom is 0.103 e. The summed E-state index contributed by atoms with van der Waals surface area (Å²) < 4.78 is 0. The van der Waals surface area contributed by atoms with Gasteiger partial charge in [-0.15, -0.1) is 0 Å². The van der Waals surface area contributed by atoms with Gasteiger partial charge < -0.3 is 5.32 Å². The lowest BCUT2D eigenvalue weighted by atomic mass is 9.96. The zero-order valence-electron chi connectivity index (χ0n) is 18.4. The van der Waals surface area contributed by atoms with Gasteiger partial charge in [0.1, 0.15) is 5.17 Å². The summed E-state index contributed by atoms with van der Waals surface area (Å²) in [6.07, 6.45) is 6.28. The summed E-state index contributed by atoms with van der Waals surface area (Å²) in [7, 11) is 0. The molecule has 0 spiro atoms. The summed E-state index contributed by atoms with van der Waals surface area (Å²) >= 11 is 6.11. The molecule has 0 aromatic heterocycles. The second-order valence-electron chi connectivity index (χ2n) is 7.43. The Hall–Kier alpha value is -2.84. The monoisotopic (exact) mass is 418 g/mol. The van der Waals surface area contributed by atoms with Gasteiger partial charge in [0.05, 0.1) is 5.69 Å². The minimum atomic E-state index is 0.430. The molecule has 0 radical (unpaired) electrons. The van der Waals surface area contributed by atoms with Crippen LogP contribution in [0.4, 0.5) is 5.69 Å². The quantitative estimate of drug-likeness (QED) is 0.324. The van der Waals surface area contributed by atoms with E-state index in [4.69, 9.17) is 11.6 Å². The number of rotatable bonds is 9. The highest BCUT2D eigenvalue weighted by Crippen LogP contribution is 2.35. The van der Waals surface area contributed by atoms with Gasteiger partial charge in [-0.1, -0.05) is 105 Å². The summed E-state index contributed by atoms with van der Waals surface area (Å²) in [5.41, 5.74) is 7.01. The zero-order valence-corrected chi connectivity index (χ0v) is 19.1. The average Bonchev–Trinajstić information content (AvgIpc) is 2.73. The molecule has 2 rings (SSSR count). The number of nitrogens with zero attached hydrogens (tertiary/aromatic N) is 1. The second-order valence-corrected chi connectivity index (χ2v) is 7.98. The van der Waals surface area contributed by atoms with Gasteiger partial charge in [-0.25, -0.2) is 4.99 Å². The lowest BCUT2D eigenvalue weighted by Gasteiger charge is -2.17. The molecule has 0 aliphatic heterocycles. The van der Waals surface area contributed by atoms with Gasteiger partial charge in [0.2, 0.25) is 0 Å². The fourth-order valence-electron chi connectivity index (χ4n) is 2.94. The van der Waals surface area contributed by atoms with Gasteiger partial charge in [0, 0.05) is 17.8 Å². The Balaban J connectivity index is 2.34. The molecule has 0 atom stereocenters. The molecule has 0 heterocycles. The number of hydrogen-bond donors (Lipinski definition) is 1. The number of nitrogens with one attached hydrogen (secondary N) is 1. The van der Waals surface area contributed by atoms with E-state index in [1.165, 1.54) is 0 Å². The third-order valence-electron chi connectivity index (χ3n) is 4.83. The van der Waals surface area contributed by atoms with Crippen molar-refractivity contribution in [2.45, 2.75) is 27.7 Å². The van der Waals surface area contributed by atoms with Crippen molar-refractivity contribution < 1.29 is 0 Å². The molecule has 2 aromatic rings. The Labute approximate surface area is 186 Å². The van der Waals surface area contributed by atoms with E-state index in [9.17, 15) is 0 Å². The molecule has 0 saturated carbocycles. The number of allylic oxidation sites excluding steroid dienone is 3. The largest absolute Gasteiger partial charge is 0.381 e. The van der Waals surface area contributed by atoms with Crippen molar-refractivity contribution in [1.29, 1.82) is 0 Å². The second kappa shape index (κ2) is 11.4. The van der Waals surface area contributed by atoms with Crippen molar-refractivity contribution in [2.24, 2.45) is 10.9 Å². The summed E-state index contributed by atoms with van der Waals surface area (Å²) in [4.78, 5) is 4.53. The van der Waals surface area contributed by atoms with E-state index in [1.807, 2.05) is 37.3 Å². The average molecular weight is 419 g/mol. The molecule has 156 valence electrons. The predicted octanol–water partition coefficient (Wildman–Crippen LogP) is 7.92. The van der Waals surface area contributed by atoms with E-state index in [-0.39, 0.29) is 0 Å². The summed E-state index contributed by atoms with van der Waals surface area (Å²) in [5, 5.41) is 3.96. The molecule has 0 fully saturated rings. The Morgan fingerprint density at radius 1 is 1.07 bits per heavy atom. The van der Waals surface area contributed by atoms with E-state index >= 15 is 0 Å². The standard InChI is InChI=1S/C27H31ClN2/c1-7-23(17-16-20(4)19(2)3)18-29-21(5)27-25(24-12-9-8-10-13-24)14-11-15-26(27)30-22(6)28/h7-17,19,29H,4-5,18H2,1-3,6H3/b17-16-,23-7+,30-22?. The molecule has 0 unspecified atom stereocenters. The third-order valence-corrected chi connectivity index (χ3v) is 4.92. The molecule has 2 aromatic carbocycles. The summed E-state index contributed by atoms with van der Waals surface area (Å²) in [6.45, 7) is 17.2. The van der Waals surface area contributed by atoms with Crippen molar-refractivity contribution in [3.8, 4) is 11.1 Å². The lowest BCUT2D eigenvalue weighted by Crippen LogP contribution is -2.15. The van der Waals surface area contributed by atoms with Gasteiger partial charge in [-0.2, -0.15) is 0 Å². The topological polar surface area (TPSA) is 24.4 Å². The Kier molecular flexibility index (Phi) is 8.89. The predicted molar refractivity (Wildman–Crippen MR) is 134 cm³/mol. The van der Waals surface area contributed by atoms with Crippen LogP contribution in [0.25, 0.3) is 16.8 Å². The summed E-state index contributed by atoms with van der Waals surface area (Å²) in [5.74, 6) is 0.430. The Bertz CT molecular complexity index is 975. The van der Waals surface area contributed by atoms with Crippen LogP contribution in [0.2, 0.25) is 0 Å². The number of benzene rings is 2. The van der Waals surface area contributed by atoms with Gasteiger partial charge in [-0.3, -0.25) is 0 Å². The molecule has 0 saturated heterocycles. The van der Waals surface area contributed by atoms with Crippen LogP contribution in [0, 0.1) is 5.92 Å². The van der Waals surface area contributed by atoms with E-state index in [2.05, 4.69) is 73.7 Å². The first-order valence-corrected chi connectivity index (χ1v) is 10.6.